The fourth-order valence-corrected chi connectivity index (χ4v) is 6.57. The number of aromatic nitrogens is 1. The molecule has 6 rings (SSSR count). The van der Waals surface area contributed by atoms with Crippen LogP contribution < -0.4 is 19.9 Å². The van der Waals surface area contributed by atoms with E-state index in [9.17, 15) is 9.59 Å². The number of halogens is 1. The highest BCUT2D eigenvalue weighted by molar-refractivity contribution is 7.99. The predicted molar refractivity (Wildman–Crippen MR) is 122 cm³/mol. The minimum absolute atomic E-state index is 0.127. The Morgan fingerprint density at radius 3 is 2.70 bits per heavy atom. The first-order chi connectivity index (χ1) is 16.1. The number of hydrogen-bond acceptors (Lipinski definition) is 7. The van der Waals surface area contributed by atoms with Gasteiger partial charge in [0.05, 0.1) is 17.9 Å². The van der Waals surface area contributed by atoms with E-state index in [0.29, 0.717) is 34.8 Å². The summed E-state index contributed by atoms with van der Waals surface area (Å²) in [5, 5.41) is 2.79. The van der Waals surface area contributed by atoms with Gasteiger partial charge < -0.3 is 19.7 Å². The standard InChI is InChI=1S/C23H23FN4O4S/c24-16-7-18-20(8-17(16)27-14-1-2-15(27)12-33-11-14)31-10-19-21(32-23(30)28(18)19)9-26-22(29)13-3-5-25-6-4-13/h3-8,14-15,19,21H,1-2,9-12H2,(H,26,29)/t14?,15?,19-,21-/m0/s1. The summed E-state index contributed by atoms with van der Waals surface area (Å²) in [4.78, 5) is 32.6. The van der Waals surface area contributed by atoms with Crippen LogP contribution in [0.1, 0.15) is 23.2 Å². The highest BCUT2D eigenvalue weighted by Crippen LogP contribution is 2.45. The number of nitrogens with one attached hydrogen (secondary N) is 1. The minimum atomic E-state index is -0.603. The number of rotatable bonds is 4. The fourth-order valence-electron chi connectivity index (χ4n) is 5.23. The van der Waals surface area contributed by atoms with Crippen molar-refractivity contribution in [3.8, 4) is 5.75 Å². The third-order valence-corrected chi connectivity index (χ3v) is 8.07. The zero-order valence-electron chi connectivity index (χ0n) is 17.8. The first-order valence-electron chi connectivity index (χ1n) is 11.1. The molecule has 4 aliphatic rings. The number of ether oxygens (including phenoxy) is 2. The number of nitrogens with zero attached hydrogens (tertiary/aromatic N) is 3. The highest BCUT2D eigenvalue weighted by Gasteiger charge is 2.47. The van der Waals surface area contributed by atoms with Crippen LogP contribution in [0.4, 0.5) is 20.6 Å². The Balaban J connectivity index is 1.21. The molecular weight excluding hydrogens is 447 g/mol. The van der Waals surface area contributed by atoms with Crippen LogP contribution in [0.5, 0.6) is 5.75 Å². The van der Waals surface area contributed by atoms with Crippen LogP contribution in [0.3, 0.4) is 0 Å². The fraction of sp³-hybridized carbons (Fsp3) is 0.435. The molecule has 0 saturated carbocycles. The van der Waals surface area contributed by atoms with Crippen LogP contribution in [0.15, 0.2) is 36.7 Å². The Hall–Kier alpha value is -3.01. The van der Waals surface area contributed by atoms with Gasteiger partial charge in [-0.3, -0.25) is 14.7 Å². The second-order valence-corrected chi connectivity index (χ2v) is 9.79. The number of carbonyl (C=O) groups is 2. The molecule has 33 heavy (non-hydrogen) atoms. The van der Waals surface area contributed by atoms with Gasteiger partial charge in [-0.2, -0.15) is 11.8 Å². The van der Waals surface area contributed by atoms with Gasteiger partial charge in [-0.25, -0.2) is 9.18 Å². The van der Waals surface area contributed by atoms with E-state index < -0.39 is 18.2 Å². The second-order valence-electron chi connectivity index (χ2n) is 8.72. The minimum Gasteiger partial charge on any atom is -0.489 e. The zero-order valence-corrected chi connectivity index (χ0v) is 18.6. The van der Waals surface area contributed by atoms with Gasteiger partial charge in [0.25, 0.3) is 5.91 Å². The molecule has 1 N–H and O–H groups in total. The van der Waals surface area contributed by atoms with Crippen molar-refractivity contribution in [1.82, 2.24) is 10.3 Å². The summed E-state index contributed by atoms with van der Waals surface area (Å²) >= 11 is 1.93. The zero-order chi connectivity index (χ0) is 22.5. The number of anilines is 2. The molecule has 2 amide bonds. The van der Waals surface area contributed by atoms with Gasteiger partial charge in [0, 0.05) is 53.7 Å². The summed E-state index contributed by atoms with van der Waals surface area (Å²) in [5.41, 5.74) is 1.39. The Labute approximate surface area is 194 Å². The summed E-state index contributed by atoms with van der Waals surface area (Å²) in [7, 11) is 0. The summed E-state index contributed by atoms with van der Waals surface area (Å²) in [6.45, 7) is 0.338. The molecular formula is C23H23FN4O4S. The Kier molecular flexibility index (Phi) is 5.05. The van der Waals surface area contributed by atoms with Crippen molar-refractivity contribution in [2.75, 3.05) is 34.5 Å². The van der Waals surface area contributed by atoms with Gasteiger partial charge in [0.2, 0.25) is 0 Å². The van der Waals surface area contributed by atoms with Crippen molar-refractivity contribution in [3.63, 3.8) is 0 Å². The molecule has 3 saturated heterocycles. The average molecular weight is 471 g/mol. The van der Waals surface area contributed by atoms with Gasteiger partial charge in [0.1, 0.15) is 30.3 Å². The van der Waals surface area contributed by atoms with Crippen LogP contribution in [0, 0.1) is 5.82 Å². The lowest BCUT2D eigenvalue weighted by molar-refractivity contribution is 0.0886. The topological polar surface area (TPSA) is 84.0 Å². The second kappa shape index (κ2) is 8.09. The quantitative estimate of drug-likeness (QED) is 0.736. The Morgan fingerprint density at radius 2 is 1.94 bits per heavy atom. The molecule has 3 fully saturated rings. The molecule has 4 atom stereocenters. The Morgan fingerprint density at radius 1 is 1.18 bits per heavy atom. The molecule has 172 valence electrons. The van der Waals surface area contributed by atoms with E-state index in [0.717, 1.165) is 24.3 Å². The molecule has 2 unspecified atom stereocenters. The van der Waals surface area contributed by atoms with E-state index in [1.165, 1.54) is 23.4 Å². The normalized spacial score (nSPS) is 27.5. The molecule has 0 spiro atoms. The van der Waals surface area contributed by atoms with E-state index in [2.05, 4.69) is 15.2 Å². The van der Waals surface area contributed by atoms with Gasteiger partial charge in [-0.05, 0) is 25.0 Å². The first-order valence-corrected chi connectivity index (χ1v) is 12.3. The molecule has 2 bridgehead atoms. The first kappa shape index (κ1) is 20.6. The number of pyridine rings is 1. The Bertz CT molecular complexity index is 1090. The van der Waals surface area contributed by atoms with E-state index in [1.807, 2.05) is 11.8 Å². The van der Waals surface area contributed by atoms with Crippen LogP contribution in [-0.4, -0.2) is 65.9 Å². The monoisotopic (exact) mass is 470 g/mol. The lowest BCUT2D eigenvalue weighted by Crippen LogP contribution is -2.48. The summed E-state index contributed by atoms with van der Waals surface area (Å²) in [5.74, 6) is 1.85. The van der Waals surface area contributed by atoms with E-state index >= 15 is 4.39 Å². The summed E-state index contributed by atoms with van der Waals surface area (Å²) < 4.78 is 26.8. The molecule has 1 aromatic carbocycles. The molecule has 2 aromatic rings. The SMILES string of the molecule is O=C(NC[C@@H]1OC(=O)N2c3cc(F)c(N4C5CCC4CSC5)cc3OC[C@@H]12)c1ccncc1. The van der Waals surface area contributed by atoms with Crippen LogP contribution in [-0.2, 0) is 4.74 Å². The maximum atomic E-state index is 15.3. The van der Waals surface area contributed by atoms with Gasteiger partial charge in [-0.1, -0.05) is 0 Å². The smallest absolute Gasteiger partial charge is 0.415 e. The van der Waals surface area contributed by atoms with Gasteiger partial charge >= 0.3 is 6.09 Å². The third-order valence-electron chi connectivity index (χ3n) is 6.83. The van der Waals surface area contributed by atoms with E-state index in [1.54, 1.807) is 18.2 Å². The van der Waals surface area contributed by atoms with E-state index in [4.69, 9.17) is 9.47 Å². The van der Waals surface area contributed by atoms with Crippen molar-refractivity contribution in [2.45, 2.75) is 37.1 Å². The number of cyclic esters (lactones) is 1. The van der Waals surface area contributed by atoms with E-state index in [-0.39, 0.29) is 24.9 Å². The van der Waals surface area contributed by atoms with Gasteiger partial charge in [0.15, 0.2) is 0 Å². The maximum absolute atomic E-state index is 15.3. The number of amides is 2. The van der Waals surface area contributed by atoms with Crippen LogP contribution in [0.25, 0.3) is 0 Å². The molecule has 0 aliphatic carbocycles. The summed E-state index contributed by atoms with van der Waals surface area (Å²) in [6, 6.07) is 6.55. The van der Waals surface area contributed by atoms with Crippen molar-refractivity contribution in [3.05, 3.63) is 48.0 Å². The molecule has 10 heteroatoms. The van der Waals surface area contributed by atoms with Crippen molar-refractivity contribution >= 4 is 35.1 Å². The van der Waals surface area contributed by atoms with Crippen LogP contribution in [0.2, 0.25) is 0 Å². The lowest BCUT2D eigenvalue weighted by atomic mass is 10.1. The number of fused-ring (bicyclic) bond motifs is 5. The average Bonchev–Trinajstić information content (AvgIpc) is 3.28. The molecule has 4 aliphatic heterocycles. The molecule has 5 heterocycles. The van der Waals surface area contributed by atoms with Crippen molar-refractivity contribution in [1.29, 1.82) is 0 Å². The van der Waals surface area contributed by atoms with Gasteiger partial charge in [-0.15, -0.1) is 0 Å². The number of benzene rings is 1. The number of thioether (sulfide) groups is 1. The number of hydrogen-bond donors (Lipinski definition) is 1. The molecule has 0 radical (unpaired) electrons. The maximum Gasteiger partial charge on any atom is 0.415 e. The summed E-state index contributed by atoms with van der Waals surface area (Å²) in [6.07, 6.45) is 4.05. The third kappa shape index (κ3) is 3.47. The largest absolute Gasteiger partial charge is 0.489 e. The molecule has 8 nitrogen and oxygen atoms in total. The lowest BCUT2D eigenvalue weighted by Gasteiger charge is -2.38. The molecule has 1 aromatic heterocycles. The predicted octanol–water partition coefficient (Wildman–Crippen LogP) is 2.82. The number of carbonyl (C=O) groups excluding carboxylic acids is 2. The highest BCUT2D eigenvalue weighted by atomic mass is 32.2. The van der Waals surface area contributed by atoms with Crippen molar-refractivity contribution < 1.29 is 23.5 Å². The van der Waals surface area contributed by atoms with Crippen LogP contribution >= 0.6 is 11.8 Å². The van der Waals surface area contributed by atoms with Crippen molar-refractivity contribution in [2.24, 2.45) is 0 Å².